The van der Waals surface area contributed by atoms with E-state index in [0.717, 1.165) is 28.4 Å². The van der Waals surface area contributed by atoms with Crippen molar-refractivity contribution < 1.29 is 27.9 Å². The summed E-state index contributed by atoms with van der Waals surface area (Å²) in [5.41, 5.74) is -1.05. The third-order valence-corrected chi connectivity index (χ3v) is 5.00. The minimum atomic E-state index is -4.59. The Balaban J connectivity index is 1.65. The van der Waals surface area contributed by atoms with Crippen LogP contribution in [0.4, 0.5) is 18.9 Å². The van der Waals surface area contributed by atoms with Gasteiger partial charge in [0.25, 0.3) is 5.69 Å². The number of fused-ring (bicyclic) bond motifs is 1. The number of hydrogen-bond donors (Lipinski definition) is 1. The van der Waals surface area contributed by atoms with Crippen LogP contribution in [0, 0.1) is 10.1 Å². The molecule has 1 N–H and O–H groups in total. The molecule has 0 spiro atoms. The van der Waals surface area contributed by atoms with Crippen molar-refractivity contribution in [1.29, 1.82) is 0 Å². The Kier molecular flexibility index (Phi) is 6.15. The standard InChI is InChI=1S/C16H12ClF3N4O4S/c17-13-4-9(16(18,19)20)6-23-14(13)21-22-15(23)29-8-11(25)7-28-12-3-1-2-10(5-12)24(26)27/h1-6,11,25H,7-8H2/t11-/m0/s1. The number of benzene rings is 1. The van der Waals surface area contributed by atoms with E-state index in [4.69, 9.17) is 16.3 Å². The van der Waals surface area contributed by atoms with Gasteiger partial charge in [-0.25, -0.2) is 0 Å². The minimum Gasteiger partial charge on any atom is -0.491 e. The van der Waals surface area contributed by atoms with Gasteiger partial charge in [0.2, 0.25) is 0 Å². The molecule has 2 heterocycles. The number of pyridine rings is 1. The number of nitro groups is 1. The number of nitrogens with zero attached hydrogens (tertiary/aromatic N) is 4. The van der Waals surface area contributed by atoms with Crippen LogP contribution in [0.1, 0.15) is 5.56 Å². The second kappa shape index (κ2) is 8.43. The van der Waals surface area contributed by atoms with E-state index in [1.54, 1.807) is 0 Å². The zero-order chi connectivity index (χ0) is 21.2. The molecule has 154 valence electrons. The summed E-state index contributed by atoms with van der Waals surface area (Å²) in [6, 6.07) is 6.22. The Bertz CT molecular complexity index is 1050. The lowest BCUT2D eigenvalue weighted by Crippen LogP contribution is -2.20. The van der Waals surface area contributed by atoms with Gasteiger partial charge >= 0.3 is 6.18 Å². The lowest BCUT2D eigenvalue weighted by atomic mass is 10.3. The molecule has 0 bridgehead atoms. The second-order valence-corrected chi connectivity index (χ2v) is 7.18. The van der Waals surface area contributed by atoms with E-state index in [2.05, 4.69) is 10.2 Å². The maximum Gasteiger partial charge on any atom is 0.417 e. The summed E-state index contributed by atoms with van der Waals surface area (Å²) in [6.45, 7) is -0.181. The maximum atomic E-state index is 13.0. The van der Waals surface area contributed by atoms with Crippen LogP contribution in [-0.4, -0.2) is 43.1 Å². The van der Waals surface area contributed by atoms with Gasteiger partial charge in [-0.2, -0.15) is 13.2 Å². The topological polar surface area (TPSA) is 103 Å². The lowest BCUT2D eigenvalue weighted by Gasteiger charge is -2.12. The zero-order valence-electron chi connectivity index (χ0n) is 14.3. The number of non-ortho nitro benzene ring substituents is 1. The molecule has 0 aliphatic carbocycles. The molecule has 29 heavy (non-hydrogen) atoms. The summed E-state index contributed by atoms with van der Waals surface area (Å²) in [5.74, 6) is 0.238. The Morgan fingerprint density at radius 3 is 2.79 bits per heavy atom. The van der Waals surface area contributed by atoms with Crippen molar-refractivity contribution in [3.8, 4) is 5.75 Å². The highest BCUT2D eigenvalue weighted by Gasteiger charge is 2.32. The van der Waals surface area contributed by atoms with Gasteiger partial charge in [0.05, 0.1) is 27.7 Å². The fraction of sp³-hybridized carbons (Fsp3) is 0.250. The molecule has 3 aromatic rings. The van der Waals surface area contributed by atoms with E-state index in [1.165, 1.54) is 24.3 Å². The molecule has 0 saturated heterocycles. The first-order valence-electron chi connectivity index (χ1n) is 7.94. The quantitative estimate of drug-likeness (QED) is 0.333. The van der Waals surface area contributed by atoms with E-state index in [0.29, 0.717) is 0 Å². The normalized spacial score (nSPS) is 12.9. The number of ether oxygens (including phenoxy) is 1. The van der Waals surface area contributed by atoms with Crippen molar-refractivity contribution in [3.05, 3.63) is 57.2 Å². The van der Waals surface area contributed by atoms with Crippen LogP contribution in [0.5, 0.6) is 5.75 Å². The molecule has 0 fully saturated rings. The molecule has 0 amide bonds. The van der Waals surface area contributed by atoms with E-state index in [1.807, 2.05) is 0 Å². The first-order chi connectivity index (χ1) is 13.6. The monoisotopic (exact) mass is 448 g/mol. The number of aliphatic hydroxyl groups is 1. The summed E-state index contributed by atoms with van der Waals surface area (Å²) in [5, 5.41) is 28.3. The zero-order valence-corrected chi connectivity index (χ0v) is 15.9. The molecule has 0 aliphatic rings. The van der Waals surface area contributed by atoms with Gasteiger partial charge in [-0.15, -0.1) is 10.2 Å². The molecule has 1 aromatic carbocycles. The first kappa shape index (κ1) is 21.1. The average molecular weight is 449 g/mol. The van der Waals surface area contributed by atoms with Crippen molar-refractivity contribution in [2.24, 2.45) is 0 Å². The average Bonchev–Trinajstić information content (AvgIpc) is 3.08. The van der Waals surface area contributed by atoms with Gasteiger partial charge in [0, 0.05) is 18.0 Å². The Morgan fingerprint density at radius 2 is 2.10 bits per heavy atom. The Labute approximate surface area is 170 Å². The first-order valence-corrected chi connectivity index (χ1v) is 9.31. The van der Waals surface area contributed by atoms with Gasteiger partial charge in [0.1, 0.15) is 12.4 Å². The van der Waals surface area contributed by atoms with Crippen molar-refractivity contribution >= 4 is 34.7 Å². The van der Waals surface area contributed by atoms with Crippen molar-refractivity contribution in [3.63, 3.8) is 0 Å². The number of thioether (sulfide) groups is 1. The van der Waals surface area contributed by atoms with E-state index >= 15 is 0 Å². The van der Waals surface area contributed by atoms with Gasteiger partial charge < -0.3 is 9.84 Å². The van der Waals surface area contributed by atoms with Gasteiger partial charge in [-0.05, 0) is 12.1 Å². The summed E-state index contributed by atoms with van der Waals surface area (Å²) in [6.07, 6.45) is -4.78. The molecule has 1 atom stereocenters. The SMILES string of the molecule is O=[N+]([O-])c1cccc(OC[C@H](O)CSc2nnc3c(Cl)cc(C(F)(F)F)cn23)c1. The Morgan fingerprint density at radius 1 is 1.34 bits per heavy atom. The van der Waals surface area contributed by atoms with Gasteiger partial charge in [-0.1, -0.05) is 29.4 Å². The molecule has 3 rings (SSSR count). The number of nitro benzene ring substituents is 1. The molecular formula is C16H12ClF3N4O4S. The third-order valence-electron chi connectivity index (χ3n) is 3.63. The molecule has 13 heteroatoms. The predicted octanol–water partition coefficient (Wildman–Crippen LogP) is 3.84. The Hall–Kier alpha value is -2.57. The molecule has 0 unspecified atom stereocenters. The van der Waals surface area contributed by atoms with Crippen LogP contribution in [0.25, 0.3) is 5.65 Å². The third kappa shape index (κ3) is 5.08. The highest BCUT2D eigenvalue weighted by Crippen LogP contribution is 2.33. The van der Waals surface area contributed by atoms with Crippen LogP contribution in [0.2, 0.25) is 5.02 Å². The summed E-state index contributed by atoms with van der Waals surface area (Å²) >= 11 is 6.81. The molecule has 2 aromatic heterocycles. The molecular weight excluding hydrogens is 437 g/mol. The molecule has 0 radical (unpaired) electrons. The summed E-state index contributed by atoms with van der Waals surface area (Å²) in [7, 11) is 0. The number of rotatable bonds is 7. The van der Waals surface area contributed by atoms with Crippen LogP contribution >= 0.6 is 23.4 Å². The van der Waals surface area contributed by atoms with E-state index in [-0.39, 0.29) is 39.6 Å². The number of halogens is 4. The van der Waals surface area contributed by atoms with Crippen molar-refractivity contribution in [2.75, 3.05) is 12.4 Å². The van der Waals surface area contributed by atoms with Gasteiger partial charge in [-0.3, -0.25) is 14.5 Å². The number of hydrogen-bond acceptors (Lipinski definition) is 7. The smallest absolute Gasteiger partial charge is 0.417 e. The largest absolute Gasteiger partial charge is 0.491 e. The predicted molar refractivity (Wildman–Crippen MR) is 98.3 cm³/mol. The molecule has 8 nitrogen and oxygen atoms in total. The fourth-order valence-corrected chi connectivity index (χ4v) is 3.35. The number of alkyl halides is 3. The lowest BCUT2D eigenvalue weighted by molar-refractivity contribution is -0.384. The number of aliphatic hydroxyl groups excluding tert-OH is 1. The second-order valence-electron chi connectivity index (χ2n) is 5.78. The maximum absolute atomic E-state index is 13.0. The number of aromatic nitrogens is 3. The van der Waals surface area contributed by atoms with Gasteiger partial charge in [0.15, 0.2) is 10.8 Å². The minimum absolute atomic E-state index is 0.0313. The highest BCUT2D eigenvalue weighted by molar-refractivity contribution is 7.99. The van der Waals surface area contributed by atoms with Crippen molar-refractivity contribution in [2.45, 2.75) is 17.4 Å². The fourth-order valence-electron chi connectivity index (χ4n) is 2.29. The van der Waals surface area contributed by atoms with Crippen LogP contribution < -0.4 is 4.74 Å². The molecule has 0 aliphatic heterocycles. The van der Waals surface area contributed by atoms with E-state index in [9.17, 15) is 28.4 Å². The highest BCUT2D eigenvalue weighted by atomic mass is 35.5. The van der Waals surface area contributed by atoms with E-state index < -0.39 is 22.8 Å². The molecule has 0 saturated carbocycles. The summed E-state index contributed by atoms with van der Waals surface area (Å²) in [4.78, 5) is 10.2. The van der Waals surface area contributed by atoms with Crippen molar-refractivity contribution in [1.82, 2.24) is 14.6 Å². The van der Waals surface area contributed by atoms with Crippen LogP contribution in [0.3, 0.4) is 0 Å². The van der Waals surface area contributed by atoms with Crippen LogP contribution in [0.15, 0.2) is 41.7 Å². The van der Waals surface area contributed by atoms with Crippen LogP contribution in [-0.2, 0) is 6.18 Å². The summed E-state index contributed by atoms with van der Waals surface area (Å²) < 4.78 is 45.3.